The highest BCUT2D eigenvalue weighted by atomic mass is 35.5. The standard InChI is InChI=1S/C14H21ClN2OS/c1-14(17,13(16)18)8-4-5-9-19-10-11-6-2-3-7-12(11)15/h2-3,6-7H,4-5,8-10,17H2,1H3,(H2,16,18). The minimum Gasteiger partial charge on any atom is -0.368 e. The van der Waals surface area contributed by atoms with Crippen molar-refractivity contribution in [3.05, 3.63) is 34.9 Å². The van der Waals surface area contributed by atoms with Crippen molar-refractivity contribution in [2.45, 2.75) is 37.5 Å². The fourth-order valence-corrected chi connectivity index (χ4v) is 2.92. The molecule has 0 heterocycles. The summed E-state index contributed by atoms with van der Waals surface area (Å²) < 4.78 is 0. The third kappa shape index (κ3) is 5.85. The molecule has 4 N–H and O–H groups in total. The monoisotopic (exact) mass is 300 g/mol. The lowest BCUT2D eigenvalue weighted by Gasteiger charge is -2.19. The summed E-state index contributed by atoms with van der Waals surface area (Å²) >= 11 is 7.92. The van der Waals surface area contributed by atoms with Gasteiger partial charge >= 0.3 is 0 Å². The molecule has 0 aliphatic heterocycles. The number of carbonyl (C=O) groups is 1. The molecule has 1 unspecified atom stereocenters. The van der Waals surface area contributed by atoms with Gasteiger partial charge in [-0.2, -0.15) is 11.8 Å². The quantitative estimate of drug-likeness (QED) is 0.725. The molecule has 106 valence electrons. The zero-order valence-corrected chi connectivity index (χ0v) is 12.8. The van der Waals surface area contributed by atoms with Gasteiger partial charge in [-0.25, -0.2) is 0 Å². The lowest BCUT2D eigenvalue weighted by atomic mass is 9.96. The molecule has 0 aromatic heterocycles. The molecule has 1 rings (SSSR count). The number of unbranched alkanes of at least 4 members (excludes halogenated alkanes) is 1. The number of rotatable bonds is 8. The Bertz CT molecular complexity index is 424. The van der Waals surface area contributed by atoms with Crippen molar-refractivity contribution < 1.29 is 4.79 Å². The van der Waals surface area contributed by atoms with E-state index < -0.39 is 11.4 Å². The first-order valence-electron chi connectivity index (χ1n) is 6.33. The zero-order chi connectivity index (χ0) is 14.3. The molecule has 1 amide bonds. The second-order valence-corrected chi connectivity index (χ2v) is 6.40. The summed E-state index contributed by atoms with van der Waals surface area (Å²) in [7, 11) is 0. The number of halogens is 1. The Morgan fingerprint density at radius 1 is 1.37 bits per heavy atom. The molecule has 0 fully saturated rings. The first-order chi connectivity index (χ1) is 8.93. The van der Waals surface area contributed by atoms with E-state index in [9.17, 15) is 4.79 Å². The second kappa shape index (κ2) is 7.78. The largest absolute Gasteiger partial charge is 0.368 e. The van der Waals surface area contributed by atoms with Crippen LogP contribution < -0.4 is 11.5 Å². The fourth-order valence-electron chi connectivity index (χ4n) is 1.62. The highest BCUT2D eigenvalue weighted by Crippen LogP contribution is 2.22. The van der Waals surface area contributed by atoms with Crippen molar-refractivity contribution in [3.63, 3.8) is 0 Å². The summed E-state index contributed by atoms with van der Waals surface area (Å²) in [5, 5.41) is 0.818. The van der Waals surface area contributed by atoms with Crippen LogP contribution in [0.25, 0.3) is 0 Å². The van der Waals surface area contributed by atoms with Crippen LogP contribution in [0.4, 0.5) is 0 Å². The van der Waals surface area contributed by atoms with Gasteiger partial charge in [0.25, 0.3) is 0 Å². The SMILES string of the molecule is CC(N)(CCCCSCc1ccccc1Cl)C(N)=O. The van der Waals surface area contributed by atoms with Crippen LogP contribution in [-0.2, 0) is 10.5 Å². The summed E-state index contributed by atoms with van der Waals surface area (Å²) in [5.41, 5.74) is 11.3. The molecule has 0 radical (unpaired) electrons. The minimum absolute atomic E-state index is 0.434. The molecule has 3 nitrogen and oxygen atoms in total. The van der Waals surface area contributed by atoms with Crippen LogP contribution >= 0.6 is 23.4 Å². The van der Waals surface area contributed by atoms with E-state index >= 15 is 0 Å². The van der Waals surface area contributed by atoms with E-state index in [0.29, 0.717) is 6.42 Å². The van der Waals surface area contributed by atoms with E-state index in [1.807, 2.05) is 36.0 Å². The van der Waals surface area contributed by atoms with E-state index in [1.54, 1.807) is 6.92 Å². The molecule has 0 saturated carbocycles. The van der Waals surface area contributed by atoms with Gasteiger partial charge < -0.3 is 11.5 Å². The summed E-state index contributed by atoms with van der Waals surface area (Å²) in [5.74, 6) is 1.51. The third-order valence-corrected chi connectivity index (χ3v) is 4.47. The van der Waals surface area contributed by atoms with E-state index in [4.69, 9.17) is 23.1 Å². The van der Waals surface area contributed by atoms with Gasteiger partial charge in [-0.15, -0.1) is 0 Å². The summed E-state index contributed by atoms with van der Waals surface area (Å²) in [4.78, 5) is 11.0. The van der Waals surface area contributed by atoms with Crippen LogP contribution in [0.5, 0.6) is 0 Å². The van der Waals surface area contributed by atoms with Gasteiger partial charge in [0.15, 0.2) is 0 Å². The average Bonchev–Trinajstić information content (AvgIpc) is 2.35. The van der Waals surface area contributed by atoms with Crippen LogP contribution in [-0.4, -0.2) is 17.2 Å². The van der Waals surface area contributed by atoms with E-state index in [-0.39, 0.29) is 0 Å². The fraction of sp³-hybridized carbons (Fsp3) is 0.500. The maximum Gasteiger partial charge on any atom is 0.237 e. The summed E-state index contributed by atoms with van der Waals surface area (Å²) in [6.07, 6.45) is 2.57. The highest BCUT2D eigenvalue weighted by Gasteiger charge is 2.24. The van der Waals surface area contributed by atoms with Crippen LogP contribution in [0.3, 0.4) is 0 Å². The Morgan fingerprint density at radius 3 is 2.68 bits per heavy atom. The van der Waals surface area contributed by atoms with Gasteiger partial charge in [-0.3, -0.25) is 4.79 Å². The number of hydrogen-bond donors (Lipinski definition) is 2. The van der Waals surface area contributed by atoms with Gasteiger partial charge in [0.1, 0.15) is 0 Å². The van der Waals surface area contributed by atoms with Crippen molar-refractivity contribution in [2.24, 2.45) is 11.5 Å². The molecule has 0 bridgehead atoms. The molecular weight excluding hydrogens is 280 g/mol. The molecule has 1 aromatic rings. The maximum atomic E-state index is 11.0. The number of thioether (sulfide) groups is 1. The van der Waals surface area contributed by atoms with Crippen LogP contribution in [0.2, 0.25) is 5.02 Å². The van der Waals surface area contributed by atoms with Crippen LogP contribution in [0.1, 0.15) is 31.7 Å². The van der Waals surface area contributed by atoms with E-state index in [0.717, 1.165) is 34.9 Å². The molecule has 0 saturated heterocycles. The molecule has 0 aliphatic rings. The predicted molar refractivity (Wildman–Crippen MR) is 83.3 cm³/mol. The van der Waals surface area contributed by atoms with Gasteiger partial charge in [-0.1, -0.05) is 36.2 Å². The molecular formula is C14H21ClN2OS. The summed E-state index contributed by atoms with van der Waals surface area (Å²) in [6, 6.07) is 7.88. The zero-order valence-electron chi connectivity index (χ0n) is 11.2. The number of hydrogen-bond acceptors (Lipinski definition) is 3. The Morgan fingerprint density at radius 2 is 2.05 bits per heavy atom. The number of carbonyl (C=O) groups excluding carboxylic acids is 1. The number of primary amides is 1. The van der Waals surface area contributed by atoms with E-state index in [1.165, 1.54) is 0 Å². The van der Waals surface area contributed by atoms with Crippen molar-refractivity contribution in [1.82, 2.24) is 0 Å². The minimum atomic E-state index is -0.882. The van der Waals surface area contributed by atoms with Gasteiger partial charge in [0.2, 0.25) is 5.91 Å². The topological polar surface area (TPSA) is 69.1 Å². The Kier molecular flexibility index (Phi) is 6.69. The Balaban J connectivity index is 2.16. The van der Waals surface area contributed by atoms with Crippen LogP contribution in [0.15, 0.2) is 24.3 Å². The van der Waals surface area contributed by atoms with Gasteiger partial charge in [0.05, 0.1) is 5.54 Å². The number of amides is 1. The van der Waals surface area contributed by atoms with Crippen molar-refractivity contribution in [3.8, 4) is 0 Å². The van der Waals surface area contributed by atoms with Gasteiger partial charge in [0, 0.05) is 10.8 Å². The first kappa shape index (κ1) is 16.3. The lowest BCUT2D eigenvalue weighted by molar-refractivity contribution is -0.122. The number of benzene rings is 1. The van der Waals surface area contributed by atoms with Crippen molar-refractivity contribution in [2.75, 3.05) is 5.75 Å². The van der Waals surface area contributed by atoms with Crippen molar-refractivity contribution in [1.29, 1.82) is 0 Å². The predicted octanol–water partition coefficient (Wildman–Crippen LogP) is 2.95. The maximum absolute atomic E-state index is 11.0. The van der Waals surface area contributed by atoms with Gasteiger partial charge in [-0.05, 0) is 37.1 Å². The lowest BCUT2D eigenvalue weighted by Crippen LogP contribution is -2.49. The molecule has 0 aliphatic carbocycles. The van der Waals surface area contributed by atoms with E-state index in [2.05, 4.69) is 0 Å². The second-order valence-electron chi connectivity index (χ2n) is 4.88. The molecule has 0 spiro atoms. The average molecular weight is 301 g/mol. The first-order valence-corrected chi connectivity index (χ1v) is 7.86. The smallest absolute Gasteiger partial charge is 0.237 e. The number of nitrogens with two attached hydrogens (primary N) is 2. The summed E-state index contributed by atoms with van der Waals surface area (Å²) in [6.45, 7) is 1.69. The third-order valence-electron chi connectivity index (χ3n) is 3.01. The Labute approximate surface area is 124 Å². The molecule has 1 aromatic carbocycles. The van der Waals surface area contributed by atoms with Crippen molar-refractivity contribution >= 4 is 29.3 Å². The highest BCUT2D eigenvalue weighted by molar-refractivity contribution is 7.98. The van der Waals surface area contributed by atoms with Crippen LogP contribution in [0, 0.1) is 0 Å². The molecule has 19 heavy (non-hydrogen) atoms. The molecule has 5 heteroatoms. The molecule has 1 atom stereocenters. The Hall–Kier alpha value is -0.710. The normalized spacial score (nSPS) is 14.1.